The van der Waals surface area contributed by atoms with Gasteiger partial charge < -0.3 is 19.9 Å². The number of imidazole rings is 1. The van der Waals surface area contributed by atoms with Crippen LogP contribution in [0, 0.1) is 6.92 Å². The number of aromatic nitrogens is 2. The summed E-state index contributed by atoms with van der Waals surface area (Å²) in [4.78, 5) is 11.5. The zero-order valence-corrected chi connectivity index (χ0v) is 17.5. The molecule has 7 heteroatoms. The van der Waals surface area contributed by atoms with E-state index in [1.807, 2.05) is 19.2 Å². The van der Waals surface area contributed by atoms with Crippen molar-refractivity contribution in [3.63, 3.8) is 0 Å². The lowest BCUT2D eigenvalue weighted by Gasteiger charge is -2.26. The number of nitrogens with one attached hydrogen (secondary N) is 2. The smallest absolute Gasteiger partial charge is 0.191 e. The first-order valence-electron chi connectivity index (χ1n) is 8.87. The van der Waals surface area contributed by atoms with E-state index in [0.29, 0.717) is 6.54 Å². The van der Waals surface area contributed by atoms with Crippen molar-refractivity contribution in [1.82, 2.24) is 24.9 Å². The summed E-state index contributed by atoms with van der Waals surface area (Å²) < 4.78 is 2.11. The van der Waals surface area contributed by atoms with E-state index in [-0.39, 0.29) is 24.0 Å². The first-order valence-corrected chi connectivity index (χ1v) is 8.87. The number of likely N-dealkylation sites (tertiary alicyclic amines) is 1. The van der Waals surface area contributed by atoms with Crippen LogP contribution in [0.15, 0.2) is 29.4 Å². The summed E-state index contributed by atoms with van der Waals surface area (Å²) in [5.74, 6) is 0.834. The van der Waals surface area contributed by atoms with Crippen LogP contribution in [0.25, 0.3) is 5.65 Å². The molecule has 1 aliphatic rings. The average molecular weight is 456 g/mol. The Labute approximate surface area is 167 Å². The fraction of sp³-hybridized carbons (Fsp3) is 0.556. The molecule has 138 valence electrons. The van der Waals surface area contributed by atoms with Gasteiger partial charge in [0.05, 0.1) is 12.2 Å². The average Bonchev–Trinajstić information content (AvgIpc) is 3.03. The topological polar surface area (TPSA) is 57.0 Å². The van der Waals surface area contributed by atoms with Gasteiger partial charge in [0.1, 0.15) is 5.65 Å². The lowest BCUT2D eigenvalue weighted by molar-refractivity contribution is 0.232. The van der Waals surface area contributed by atoms with E-state index in [2.05, 4.69) is 49.1 Å². The summed E-state index contributed by atoms with van der Waals surface area (Å²) >= 11 is 0. The molecule has 2 N–H and O–H groups in total. The molecular formula is C18H29IN6. The molecular weight excluding hydrogens is 427 g/mol. The second kappa shape index (κ2) is 9.96. The SMILES string of the molecule is CN=C(NCCN1CCCCC1)NCc1cn2c(C)cccc2n1.I. The molecule has 0 radical (unpaired) electrons. The van der Waals surface area contributed by atoms with E-state index < -0.39 is 0 Å². The highest BCUT2D eigenvalue weighted by atomic mass is 127. The minimum absolute atomic E-state index is 0. The number of nitrogens with zero attached hydrogens (tertiary/aromatic N) is 4. The van der Waals surface area contributed by atoms with Gasteiger partial charge in [-0.15, -0.1) is 24.0 Å². The number of guanidine groups is 1. The van der Waals surface area contributed by atoms with E-state index in [4.69, 9.17) is 0 Å². The van der Waals surface area contributed by atoms with Gasteiger partial charge >= 0.3 is 0 Å². The molecule has 0 amide bonds. The van der Waals surface area contributed by atoms with Crippen molar-refractivity contribution in [2.24, 2.45) is 4.99 Å². The fourth-order valence-corrected chi connectivity index (χ4v) is 3.19. The number of aryl methyl sites for hydroxylation is 1. The molecule has 25 heavy (non-hydrogen) atoms. The van der Waals surface area contributed by atoms with Crippen molar-refractivity contribution in [2.45, 2.75) is 32.7 Å². The number of aliphatic imine (C=N–C) groups is 1. The van der Waals surface area contributed by atoms with Crippen LogP contribution in [0.3, 0.4) is 0 Å². The highest BCUT2D eigenvalue weighted by molar-refractivity contribution is 14.0. The number of hydrogen-bond donors (Lipinski definition) is 2. The van der Waals surface area contributed by atoms with Crippen molar-refractivity contribution in [3.05, 3.63) is 35.8 Å². The van der Waals surface area contributed by atoms with Crippen LogP contribution in [0.4, 0.5) is 0 Å². The van der Waals surface area contributed by atoms with Gasteiger partial charge in [-0.25, -0.2) is 4.98 Å². The number of fused-ring (bicyclic) bond motifs is 1. The molecule has 3 heterocycles. The van der Waals surface area contributed by atoms with Gasteiger partial charge in [0, 0.05) is 32.0 Å². The van der Waals surface area contributed by atoms with E-state index in [1.54, 1.807) is 0 Å². The van der Waals surface area contributed by atoms with Crippen LogP contribution >= 0.6 is 24.0 Å². The Morgan fingerprint density at radius 1 is 1.20 bits per heavy atom. The Hall–Kier alpha value is -1.35. The zero-order valence-electron chi connectivity index (χ0n) is 15.2. The van der Waals surface area contributed by atoms with Gasteiger partial charge in [0.15, 0.2) is 5.96 Å². The molecule has 0 aromatic carbocycles. The Kier molecular flexibility index (Phi) is 7.95. The molecule has 2 aromatic heterocycles. The van der Waals surface area contributed by atoms with Crippen LogP contribution in [0.1, 0.15) is 30.7 Å². The Morgan fingerprint density at radius 2 is 2.00 bits per heavy atom. The number of pyridine rings is 1. The standard InChI is InChI=1S/C18H28N6.HI/c1-15-7-6-8-17-22-16(14-24(15)17)13-21-18(19-2)20-9-12-23-10-4-3-5-11-23;/h6-8,14H,3-5,9-13H2,1-2H3,(H2,19,20,21);1H. The molecule has 0 aliphatic carbocycles. The molecule has 6 nitrogen and oxygen atoms in total. The number of hydrogen-bond acceptors (Lipinski definition) is 3. The predicted octanol–water partition coefficient (Wildman–Crippen LogP) is 2.41. The first kappa shape index (κ1) is 20.0. The third-order valence-electron chi connectivity index (χ3n) is 4.58. The molecule has 1 fully saturated rings. The Balaban J connectivity index is 0.00000225. The molecule has 2 aromatic rings. The van der Waals surface area contributed by atoms with Crippen LogP contribution < -0.4 is 10.6 Å². The first-order chi connectivity index (χ1) is 11.8. The summed E-state index contributed by atoms with van der Waals surface area (Å²) in [6.45, 7) is 7.22. The Bertz CT molecular complexity index is 690. The van der Waals surface area contributed by atoms with Crippen molar-refractivity contribution in [1.29, 1.82) is 0 Å². The quantitative estimate of drug-likeness (QED) is 0.412. The lowest BCUT2D eigenvalue weighted by atomic mass is 10.1. The minimum atomic E-state index is 0. The highest BCUT2D eigenvalue weighted by Crippen LogP contribution is 2.08. The largest absolute Gasteiger partial charge is 0.355 e. The van der Waals surface area contributed by atoms with Gasteiger partial charge in [-0.1, -0.05) is 12.5 Å². The summed E-state index contributed by atoms with van der Waals surface area (Å²) in [6.07, 6.45) is 6.13. The third kappa shape index (κ3) is 5.57. The van der Waals surface area contributed by atoms with Gasteiger partial charge in [-0.05, 0) is 45.0 Å². The van der Waals surface area contributed by atoms with Gasteiger partial charge in [-0.3, -0.25) is 4.99 Å². The minimum Gasteiger partial charge on any atom is -0.355 e. The fourth-order valence-electron chi connectivity index (χ4n) is 3.19. The van der Waals surface area contributed by atoms with Gasteiger partial charge in [0.25, 0.3) is 0 Å². The van der Waals surface area contributed by atoms with Crippen LogP contribution in [-0.2, 0) is 6.54 Å². The normalized spacial score (nSPS) is 15.8. The van der Waals surface area contributed by atoms with E-state index in [9.17, 15) is 0 Å². The second-order valence-corrected chi connectivity index (χ2v) is 6.38. The molecule has 0 spiro atoms. The maximum Gasteiger partial charge on any atom is 0.191 e. The molecule has 0 saturated carbocycles. The number of rotatable bonds is 5. The zero-order chi connectivity index (χ0) is 16.8. The number of piperidine rings is 1. The molecule has 1 saturated heterocycles. The maximum absolute atomic E-state index is 4.64. The molecule has 3 rings (SSSR count). The molecule has 0 unspecified atom stereocenters. The number of halogens is 1. The van der Waals surface area contributed by atoms with Gasteiger partial charge in [0.2, 0.25) is 0 Å². The van der Waals surface area contributed by atoms with E-state index >= 15 is 0 Å². The van der Waals surface area contributed by atoms with Crippen molar-refractivity contribution in [2.75, 3.05) is 33.2 Å². The van der Waals surface area contributed by atoms with Crippen LogP contribution in [0.5, 0.6) is 0 Å². The van der Waals surface area contributed by atoms with E-state index in [1.165, 1.54) is 38.0 Å². The predicted molar refractivity (Wildman–Crippen MR) is 114 cm³/mol. The lowest BCUT2D eigenvalue weighted by Crippen LogP contribution is -2.42. The van der Waals surface area contributed by atoms with Gasteiger partial charge in [-0.2, -0.15) is 0 Å². The van der Waals surface area contributed by atoms with Crippen LogP contribution in [0.2, 0.25) is 0 Å². The Morgan fingerprint density at radius 3 is 2.72 bits per heavy atom. The maximum atomic E-state index is 4.64. The highest BCUT2D eigenvalue weighted by Gasteiger charge is 2.09. The third-order valence-corrected chi connectivity index (χ3v) is 4.58. The molecule has 1 aliphatic heterocycles. The second-order valence-electron chi connectivity index (χ2n) is 6.38. The summed E-state index contributed by atoms with van der Waals surface area (Å²) in [6, 6.07) is 6.16. The summed E-state index contributed by atoms with van der Waals surface area (Å²) in [5, 5.41) is 6.74. The molecule has 0 bridgehead atoms. The van der Waals surface area contributed by atoms with Crippen molar-refractivity contribution >= 4 is 35.6 Å². The van der Waals surface area contributed by atoms with E-state index in [0.717, 1.165) is 30.4 Å². The summed E-state index contributed by atoms with van der Waals surface area (Å²) in [7, 11) is 1.81. The molecule has 0 atom stereocenters. The van der Waals surface area contributed by atoms with Crippen molar-refractivity contribution < 1.29 is 0 Å². The monoisotopic (exact) mass is 456 g/mol. The van der Waals surface area contributed by atoms with Crippen LogP contribution in [-0.4, -0.2) is 53.5 Å². The van der Waals surface area contributed by atoms with Crippen molar-refractivity contribution in [3.8, 4) is 0 Å². The summed E-state index contributed by atoms with van der Waals surface area (Å²) in [5.41, 5.74) is 3.19.